The highest BCUT2D eigenvalue weighted by atomic mass is 15.0. The summed E-state index contributed by atoms with van der Waals surface area (Å²) in [6.07, 6.45) is 3.54. The van der Waals surface area contributed by atoms with E-state index < -0.39 is 0 Å². The fraction of sp³-hybridized carbons (Fsp3) is 0.467. The second-order valence-electron chi connectivity index (χ2n) is 5.47. The summed E-state index contributed by atoms with van der Waals surface area (Å²) in [6, 6.07) is 7.55. The fourth-order valence-electron chi connectivity index (χ4n) is 2.60. The van der Waals surface area contributed by atoms with E-state index in [1.54, 1.807) is 0 Å². The van der Waals surface area contributed by atoms with E-state index in [2.05, 4.69) is 55.2 Å². The van der Waals surface area contributed by atoms with E-state index in [0.717, 1.165) is 18.5 Å². The lowest BCUT2D eigenvalue weighted by Crippen LogP contribution is -2.16. The van der Waals surface area contributed by atoms with Crippen molar-refractivity contribution in [2.75, 3.05) is 0 Å². The summed E-state index contributed by atoms with van der Waals surface area (Å²) in [5.74, 6) is 0.872. The van der Waals surface area contributed by atoms with Gasteiger partial charge >= 0.3 is 0 Å². The molecular weight excluding hydrogens is 208 g/mol. The third-order valence-corrected chi connectivity index (χ3v) is 3.93. The van der Waals surface area contributed by atoms with Gasteiger partial charge in [-0.3, -0.25) is 0 Å². The van der Waals surface area contributed by atoms with E-state index in [1.807, 2.05) is 0 Å². The molecule has 17 heavy (non-hydrogen) atoms. The summed E-state index contributed by atoms with van der Waals surface area (Å²) < 4.78 is 2.20. The number of fused-ring (bicyclic) bond motifs is 1. The number of aromatic nitrogens is 1. The van der Waals surface area contributed by atoms with Gasteiger partial charge in [0, 0.05) is 36.7 Å². The zero-order chi connectivity index (χ0) is 12.0. The second kappa shape index (κ2) is 3.88. The van der Waals surface area contributed by atoms with E-state index in [4.69, 9.17) is 0 Å². The molecule has 3 rings (SSSR count). The van der Waals surface area contributed by atoms with E-state index >= 15 is 0 Å². The fourth-order valence-corrected chi connectivity index (χ4v) is 2.60. The maximum atomic E-state index is 3.61. The van der Waals surface area contributed by atoms with Crippen LogP contribution in [0.25, 0.3) is 10.9 Å². The quantitative estimate of drug-likeness (QED) is 0.854. The molecule has 1 aromatic heterocycles. The minimum Gasteiger partial charge on any atom is -0.350 e. The Morgan fingerprint density at radius 3 is 2.88 bits per heavy atom. The number of hydrogen-bond donors (Lipinski definition) is 1. The Kier molecular flexibility index (Phi) is 2.48. The lowest BCUT2D eigenvalue weighted by molar-refractivity contribution is 0.653. The molecule has 0 aliphatic heterocycles. The molecule has 2 heteroatoms. The zero-order valence-corrected chi connectivity index (χ0v) is 10.8. The Labute approximate surface area is 103 Å². The Bertz CT molecular complexity index is 553. The van der Waals surface area contributed by atoms with Crippen molar-refractivity contribution in [1.29, 1.82) is 0 Å². The second-order valence-corrected chi connectivity index (χ2v) is 5.47. The molecule has 2 atom stereocenters. The number of rotatable bonds is 3. The van der Waals surface area contributed by atoms with Crippen LogP contribution in [-0.2, 0) is 13.6 Å². The summed E-state index contributed by atoms with van der Waals surface area (Å²) in [4.78, 5) is 0. The molecule has 1 aromatic carbocycles. The van der Waals surface area contributed by atoms with Crippen molar-refractivity contribution in [2.24, 2.45) is 13.0 Å². The summed E-state index contributed by atoms with van der Waals surface area (Å²) in [5, 5.41) is 4.99. The molecule has 1 unspecified atom stereocenters. The van der Waals surface area contributed by atoms with Gasteiger partial charge in [0.15, 0.2) is 0 Å². The van der Waals surface area contributed by atoms with Crippen molar-refractivity contribution in [3.05, 3.63) is 35.5 Å². The molecule has 0 bridgehead atoms. The third kappa shape index (κ3) is 1.98. The third-order valence-electron chi connectivity index (χ3n) is 3.93. The Hall–Kier alpha value is -1.28. The van der Waals surface area contributed by atoms with Gasteiger partial charge < -0.3 is 9.88 Å². The summed E-state index contributed by atoms with van der Waals surface area (Å²) >= 11 is 0. The highest BCUT2D eigenvalue weighted by Gasteiger charge is 2.31. The largest absolute Gasteiger partial charge is 0.350 e. The average molecular weight is 228 g/mol. The topological polar surface area (TPSA) is 17.0 Å². The van der Waals surface area contributed by atoms with Gasteiger partial charge in [0.25, 0.3) is 0 Å². The van der Waals surface area contributed by atoms with Crippen LogP contribution in [0, 0.1) is 12.8 Å². The highest BCUT2D eigenvalue weighted by Crippen LogP contribution is 2.29. The molecule has 1 N–H and O–H groups in total. The minimum atomic E-state index is 0.752. The predicted molar refractivity (Wildman–Crippen MR) is 72.1 cm³/mol. The van der Waals surface area contributed by atoms with E-state index in [0.29, 0.717) is 0 Å². The van der Waals surface area contributed by atoms with Crippen LogP contribution in [0.1, 0.15) is 24.5 Å². The number of nitrogens with one attached hydrogen (secondary N) is 1. The van der Waals surface area contributed by atoms with E-state index in [9.17, 15) is 0 Å². The van der Waals surface area contributed by atoms with Crippen molar-refractivity contribution < 1.29 is 0 Å². The van der Waals surface area contributed by atoms with Crippen molar-refractivity contribution >= 4 is 10.9 Å². The van der Waals surface area contributed by atoms with Crippen molar-refractivity contribution in [3.8, 4) is 0 Å². The van der Waals surface area contributed by atoms with Gasteiger partial charge in [-0.15, -0.1) is 0 Å². The SMILES string of the molecule is Cc1cn(C)c2ccc(CN[C@@H]3CC3C)cc12. The first kappa shape index (κ1) is 10.8. The Morgan fingerprint density at radius 1 is 1.41 bits per heavy atom. The van der Waals surface area contributed by atoms with Crippen molar-refractivity contribution in [2.45, 2.75) is 32.9 Å². The molecule has 1 fully saturated rings. The summed E-state index contributed by atoms with van der Waals surface area (Å²) in [6.45, 7) is 5.49. The molecule has 2 nitrogen and oxygen atoms in total. The molecule has 2 aromatic rings. The first-order chi connectivity index (χ1) is 8.15. The summed E-state index contributed by atoms with van der Waals surface area (Å²) in [7, 11) is 2.11. The molecular formula is C15H20N2. The number of hydrogen-bond acceptors (Lipinski definition) is 1. The minimum absolute atomic E-state index is 0.752. The van der Waals surface area contributed by atoms with Gasteiger partial charge in [0.1, 0.15) is 0 Å². The van der Waals surface area contributed by atoms with Gasteiger partial charge in [0.2, 0.25) is 0 Å². The lowest BCUT2D eigenvalue weighted by atomic mass is 10.1. The van der Waals surface area contributed by atoms with Crippen LogP contribution in [-0.4, -0.2) is 10.6 Å². The van der Waals surface area contributed by atoms with Crippen LogP contribution in [0.2, 0.25) is 0 Å². The van der Waals surface area contributed by atoms with E-state index in [-0.39, 0.29) is 0 Å². The van der Waals surface area contributed by atoms with Gasteiger partial charge in [0.05, 0.1) is 0 Å². The van der Waals surface area contributed by atoms with Crippen LogP contribution >= 0.6 is 0 Å². The molecule has 1 aliphatic rings. The van der Waals surface area contributed by atoms with Crippen molar-refractivity contribution in [1.82, 2.24) is 9.88 Å². The van der Waals surface area contributed by atoms with Gasteiger partial charge in [-0.2, -0.15) is 0 Å². The standard InChI is InChI=1S/C15H20N2/c1-10-6-14(10)16-8-12-4-5-15-13(7-12)11(2)9-17(15)3/h4-5,7,9-10,14,16H,6,8H2,1-3H3/t10?,14-/m1/s1. The monoisotopic (exact) mass is 228 g/mol. The van der Waals surface area contributed by atoms with Crippen LogP contribution in [0.5, 0.6) is 0 Å². The predicted octanol–water partition coefficient (Wildman–Crippen LogP) is 2.98. The number of benzene rings is 1. The molecule has 90 valence electrons. The maximum Gasteiger partial charge on any atom is 0.0480 e. The molecule has 0 spiro atoms. The van der Waals surface area contributed by atoms with Gasteiger partial charge in [-0.05, 0) is 42.5 Å². The molecule has 0 saturated heterocycles. The molecule has 1 saturated carbocycles. The maximum absolute atomic E-state index is 3.61. The van der Waals surface area contributed by atoms with Gasteiger partial charge in [-0.25, -0.2) is 0 Å². The first-order valence-electron chi connectivity index (χ1n) is 6.43. The average Bonchev–Trinajstić information content (AvgIpc) is 2.94. The highest BCUT2D eigenvalue weighted by molar-refractivity contribution is 5.84. The number of aryl methyl sites for hydroxylation is 2. The van der Waals surface area contributed by atoms with Crippen LogP contribution in [0.15, 0.2) is 24.4 Å². The number of nitrogens with zero attached hydrogens (tertiary/aromatic N) is 1. The van der Waals surface area contributed by atoms with Crippen molar-refractivity contribution in [3.63, 3.8) is 0 Å². The molecule has 1 aliphatic carbocycles. The van der Waals surface area contributed by atoms with E-state index in [1.165, 1.54) is 28.5 Å². The molecule has 0 amide bonds. The summed E-state index contributed by atoms with van der Waals surface area (Å²) in [5.41, 5.74) is 4.08. The Balaban J connectivity index is 1.83. The molecule has 0 radical (unpaired) electrons. The normalized spacial score (nSPS) is 23.2. The Morgan fingerprint density at radius 2 is 2.18 bits per heavy atom. The first-order valence-corrected chi connectivity index (χ1v) is 6.43. The smallest absolute Gasteiger partial charge is 0.0480 e. The van der Waals surface area contributed by atoms with Crippen LogP contribution in [0.3, 0.4) is 0 Å². The van der Waals surface area contributed by atoms with Gasteiger partial charge in [-0.1, -0.05) is 13.0 Å². The van der Waals surface area contributed by atoms with Crippen LogP contribution in [0.4, 0.5) is 0 Å². The molecule has 1 heterocycles. The zero-order valence-electron chi connectivity index (χ0n) is 10.8. The van der Waals surface area contributed by atoms with Crippen LogP contribution < -0.4 is 5.32 Å². The lowest BCUT2D eigenvalue weighted by Gasteiger charge is -2.05.